The summed E-state index contributed by atoms with van der Waals surface area (Å²) in [5.74, 6) is -0.357. The summed E-state index contributed by atoms with van der Waals surface area (Å²) in [7, 11) is 0. The van der Waals surface area contributed by atoms with Gasteiger partial charge in [-0.25, -0.2) is 4.98 Å². The smallest absolute Gasteiger partial charge is 0.256 e. The summed E-state index contributed by atoms with van der Waals surface area (Å²) in [4.78, 5) is 44.3. The lowest BCUT2D eigenvalue weighted by Crippen LogP contribution is -2.33. The lowest BCUT2D eigenvalue weighted by Gasteiger charge is -2.22. The molecule has 2 heterocycles. The Hall–Kier alpha value is -4.52. The highest BCUT2D eigenvalue weighted by Crippen LogP contribution is 2.37. The van der Waals surface area contributed by atoms with Gasteiger partial charge in [-0.2, -0.15) is 0 Å². The van der Waals surface area contributed by atoms with Crippen molar-refractivity contribution >= 4 is 28.6 Å². The van der Waals surface area contributed by atoms with E-state index >= 15 is 0 Å². The fraction of sp³-hybridized carbons (Fsp3) is 0.226. The molecule has 1 aromatic heterocycles. The van der Waals surface area contributed by atoms with Crippen LogP contribution in [0, 0.1) is 0 Å². The lowest BCUT2D eigenvalue weighted by atomic mass is 10.00. The van der Waals surface area contributed by atoms with Gasteiger partial charge >= 0.3 is 0 Å². The Morgan fingerprint density at radius 2 is 1.55 bits per heavy atom. The maximum atomic E-state index is 14.0. The molecule has 1 atom stereocenters. The number of para-hydroxylation sites is 1. The molecule has 1 aliphatic heterocycles. The van der Waals surface area contributed by atoms with E-state index in [0.29, 0.717) is 34.3 Å². The molecule has 0 radical (unpaired) electrons. The van der Waals surface area contributed by atoms with Crippen molar-refractivity contribution < 1.29 is 19.1 Å². The van der Waals surface area contributed by atoms with Crippen molar-refractivity contribution in [2.24, 2.45) is 0 Å². The number of amides is 3. The lowest BCUT2D eigenvalue weighted by molar-refractivity contribution is -0.138. The van der Waals surface area contributed by atoms with Crippen LogP contribution in [0.1, 0.15) is 48.1 Å². The van der Waals surface area contributed by atoms with E-state index in [0.717, 1.165) is 11.1 Å². The molecular formula is C31H29N3O4. The standard InChI is InChI=1S/C31H29N3O4/c1-2-24(21-11-5-3-6-12-21)33-31(37)28-23-15-9-10-16-25(23)32-29(22-13-7-4-8-14-22)30(28)38-20-19-34-26(35)17-18-27(34)36/h3-16,24H,2,17-20H2,1H3,(H,33,37). The number of carbonyl (C=O) groups is 3. The summed E-state index contributed by atoms with van der Waals surface area (Å²) >= 11 is 0. The zero-order valence-corrected chi connectivity index (χ0v) is 21.2. The first kappa shape index (κ1) is 25.1. The predicted octanol–water partition coefficient (Wildman–Crippen LogP) is 5.31. The number of likely N-dealkylation sites (tertiary alicyclic amines) is 1. The van der Waals surface area contributed by atoms with Crippen molar-refractivity contribution in [1.82, 2.24) is 15.2 Å². The van der Waals surface area contributed by atoms with Crippen LogP contribution in [0.3, 0.4) is 0 Å². The van der Waals surface area contributed by atoms with E-state index in [1.165, 1.54) is 4.90 Å². The Morgan fingerprint density at radius 1 is 0.921 bits per heavy atom. The van der Waals surface area contributed by atoms with Gasteiger partial charge in [-0.15, -0.1) is 0 Å². The van der Waals surface area contributed by atoms with E-state index in [1.54, 1.807) is 0 Å². The minimum atomic E-state index is -0.278. The van der Waals surface area contributed by atoms with E-state index in [9.17, 15) is 14.4 Å². The molecule has 1 saturated heterocycles. The summed E-state index contributed by atoms with van der Waals surface area (Å²) in [6.07, 6.45) is 1.15. The third kappa shape index (κ3) is 5.13. The topological polar surface area (TPSA) is 88.6 Å². The predicted molar refractivity (Wildman–Crippen MR) is 146 cm³/mol. The molecular weight excluding hydrogens is 478 g/mol. The van der Waals surface area contributed by atoms with Crippen molar-refractivity contribution in [1.29, 1.82) is 0 Å². The van der Waals surface area contributed by atoms with E-state index < -0.39 is 0 Å². The monoisotopic (exact) mass is 507 g/mol. The Bertz CT molecular complexity index is 1460. The Morgan fingerprint density at radius 3 is 2.24 bits per heavy atom. The molecule has 0 saturated carbocycles. The average molecular weight is 508 g/mol. The van der Waals surface area contributed by atoms with Crippen LogP contribution in [0.2, 0.25) is 0 Å². The molecule has 3 aromatic carbocycles. The molecule has 0 aliphatic carbocycles. The Balaban J connectivity index is 1.58. The van der Waals surface area contributed by atoms with Gasteiger partial charge in [0.05, 0.1) is 23.7 Å². The minimum Gasteiger partial charge on any atom is -0.489 e. The van der Waals surface area contributed by atoms with Gasteiger partial charge in [-0.1, -0.05) is 85.8 Å². The van der Waals surface area contributed by atoms with E-state index in [1.807, 2.05) is 91.9 Å². The Labute approximate surface area is 221 Å². The molecule has 1 fully saturated rings. The number of hydrogen-bond acceptors (Lipinski definition) is 5. The first-order valence-corrected chi connectivity index (χ1v) is 12.9. The maximum absolute atomic E-state index is 14.0. The summed E-state index contributed by atoms with van der Waals surface area (Å²) in [6, 6.07) is 26.7. The molecule has 38 heavy (non-hydrogen) atoms. The number of benzene rings is 3. The zero-order chi connectivity index (χ0) is 26.5. The molecule has 7 heteroatoms. The molecule has 0 bridgehead atoms. The van der Waals surface area contributed by atoms with Crippen LogP contribution in [-0.4, -0.2) is 40.8 Å². The normalized spacial score (nSPS) is 14.1. The van der Waals surface area contributed by atoms with E-state index in [-0.39, 0.29) is 49.8 Å². The third-order valence-electron chi connectivity index (χ3n) is 6.75. The van der Waals surface area contributed by atoms with Gasteiger partial charge in [-0.3, -0.25) is 19.3 Å². The van der Waals surface area contributed by atoms with Gasteiger partial charge in [0.1, 0.15) is 12.3 Å². The van der Waals surface area contributed by atoms with Gasteiger partial charge in [0.2, 0.25) is 11.8 Å². The van der Waals surface area contributed by atoms with Gasteiger partial charge in [0, 0.05) is 23.8 Å². The SMILES string of the molecule is CCC(NC(=O)c1c(OCCN2C(=O)CCC2=O)c(-c2ccccc2)nc2ccccc12)c1ccccc1. The highest BCUT2D eigenvalue weighted by molar-refractivity contribution is 6.10. The number of imide groups is 1. The number of carbonyl (C=O) groups excluding carboxylic acids is 3. The second kappa shape index (κ2) is 11.3. The third-order valence-corrected chi connectivity index (χ3v) is 6.75. The zero-order valence-electron chi connectivity index (χ0n) is 21.2. The molecule has 1 N–H and O–H groups in total. The van der Waals surface area contributed by atoms with Crippen LogP contribution in [0.25, 0.3) is 22.2 Å². The number of nitrogens with one attached hydrogen (secondary N) is 1. The van der Waals surface area contributed by atoms with E-state index in [2.05, 4.69) is 5.32 Å². The fourth-order valence-electron chi connectivity index (χ4n) is 4.80. The first-order chi connectivity index (χ1) is 18.6. The number of ether oxygens (including phenoxy) is 1. The molecule has 7 nitrogen and oxygen atoms in total. The van der Waals surface area contributed by atoms with Gasteiger partial charge in [0.15, 0.2) is 5.75 Å². The molecule has 4 aromatic rings. The molecule has 192 valence electrons. The van der Waals surface area contributed by atoms with Crippen molar-refractivity contribution in [2.75, 3.05) is 13.2 Å². The second-order valence-electron chi connectivity index (χ2n) is 9.18. The molecule has 1 aliphatic rings. The van der Waals surface area contributed by atoms with Crippen LogP contribution < -0.4 is 10.1 Å². The fourth-order valence-corrected chi connectivity index (χ4v) is 4.80. The largest absolute Gasteiger partial charge is 0.489 e. The summed E-state index contributed by atoms with van der Waals surface area (Å²) < 4.78 is 6.26. The van der Waals surface area contributed by atoms with Crippen LogP contribution in [0.15, 0.2) is 84.9 Å². The Kier molecular flexibility index (Phi) is 7.45. The second-order valence-corrected chi connectivity index (χ2v) is 9.18. The number of aromatic nitrogens is 1. The van der Waals surface area contributed by atoms with Crippen LogP contribution in [-0.2, 0) is 9.59 Å². The molecule has 5 rings (SSSR count). The highest BCUT2D eigenvalue weighted by Gasteiger charge is 2.29. The number of rotatable bonds is 9. The van der Waals surface area contributed by atoms with Gasteiger partial charge in [-0.05, 0) is 18.1 Å². The van der Waals surface area contributed by atoms with Crippen molar-refractivity contribution in [2.45, 2.75) is 32.2 Å². The van der Waals surface area contributed by atoms with Crippen LogP contribution >= 0.6 is 0 Å². The van der Waals surface area contributed by atoms with Gasteiger partial charge < -0.3 is 10.1 Å². The summed E-state index contributed by atoms with van der Waals surface area (Å²) in [5, 5.41) is 3.85. The quantitative estimate of drug-likeness (QED) is 0.310. The van der Waals surface area contributed by atoms with E-state index in [4.69, 9.17) is 9.72 Å². The number of fused-ring (bicyclic) bond motifs is 1. The molecule has 0 spiro atoms. The number of pyridine rings is 1. The molecule has 1 unspecified atom stereocenters. The minimum absolute atomic E-state index is 0.0491. The summed E-state index contributed by atoms with van der Waals surface area (Å²) in [5.41, 5.74) is 3.38. The van der Waals surface area contributed by atoms with Crippen molar-refractivity contribution in [3.63, 3.8) is 0 Å². The number of hydrogen-bond donors (Lipinski definition) is 1. The number of nitrogens with zero attached hydrogens (tertiary/aromatic N) is 2. The van der Waals surface area contributed by atoms with Crippen molar-refractivity contribution in [3.05, 3.63) is 96.1 Å². The summed E-state index contributed by atoms with van der Waals surface area (Å²) in [6.45, 7) is 2.19. The average Bonchev–Trinajstić information content (AvgIpc) is 3.28. The maximum Gasteiger partial charge on any atom is 0.256 e. The van der Waals surface area contributed by atoms with Gasteiger partial charge in [0.25, 0.3) is 5.91 Å². The van der Waals surface area contributed by atoms with Crippen LogP contribution in [0.4, 0.5) is 0 Å². The molecule has 3 amide bonds. The first-order valence-electron chi connectivity index (χ1n) is 12.9. The highest BCUT2D eigenvalue weighted by atomic mass is 16.5. The van der Waals surface area contributed by atoms with Crippen molar-refractivity contribution in [3.8, 4) is 17.0 Å². The van der Waals surface area contributed by atoms with Crippen LogP contribution in [0.5, 0.6) is 5.75 Å².